The van der Waals surface area contributed by atoms with Crippen LogP contribution < -0.4 is 15.5 Å². The van der Waals surface area contributed by atoms with Gasteiger partial charge in [0, 0.05) is 32.2 Å². The van der Waals surface area contributed by atoms with Crippen LogP contribution in [0.5, 0.6) is 0 Å². The van der Waals surface area contributed by atoms with Gasteiger partial charge in [0.15, 0.2) is 0 Å². The molecule has 1 unspecified atom stereocenters. The van der Waals surface area contributed by atoms with E-state index in [-0.39, 0.29) is 35.9 Å². The number of carbonyl (C=O) groups is 1. The van der Waals surface area contributed by atoms with E-state index in [4.69, 9.17) is 0 Å². The summed E-state index contributed by atoms with van der Waals surface area (Å²) in [6, 6.07) is 2.57. The molecule has 0 aromatic heterocycles. The summed E-state index contributed by atoms with van der Waals surface area (Å²) in [4.78, 5) is 25.6. The van der Waals surface area contributed by atoms with Gasteiger partial charge in [-0.05, 0) is 50.5 Å². The van der Waals surface area contributed by atoms with Crippen LogP contribution in [0.15, 0.2) is 12.1 Å². The highest BCUT2D eigenvalue weighted by Gasteiger charge is 2.42. The molecule has 0 radical (unpaired) electrons. The van der Waals surface area contributed by atoms with E-state index in [1.54, 1.807) is 0 Å². The van der Waals surface area contributed by atoms with Crippen molar-refractivity contribution in [2.24, 2.45) is 11.8 Å². The highest BCUT2D eigenvalue weighted by atomic mass is 19.4. The number of benzene rings is 1. The average Bonchev–Trinajstić information content (AvgIpc) is 2.73. The minimum Gasteiger partial charge on any atom is -0.383 e. The molecule has 1 aromatic carbocycles. The number of amides is 1. The van der Waals surface area contributed by atoms with Gasteiger partial charge in [0.25, 0.3) is 11.6 Å². The molecule has 1 aromatic rings. The lowest BCUT2D eigenvalue weighted by molar-refractivity contribution is -0.384. The van der Waals surface area contributed by atoms with E-state index >= 15 is 0 Å². The summed E-state index contributed by atoms with van der Waals surface area (Å²) in [5.74, 6) is -1.38. The minimum atomic E-state index is -4.33. The predicted octanol–water partition coefficient (Wildman–Crippen LogP) is 4.72. The number of anilines is 2. The second-order valence-electron chi connectivity index (χ2n) is 8.65. The fraction of sp³-hybridized carbons (Fsp3) is 0.667. The summed E-state index contributed by atoms with van der Waals surface area (Å²) < 4.78 is 40.0. The lowest BCUT2D eigenvalue weighted by Crippen LogP contribution is -2.43. The van der Waals surface area contributed by atoms with Crippen LogP contribution in [0.1, 0.15) is 55.8 Å². The molecular formula is C21H29F3N4O3. The van der Waals surface area contributed by atoms with Gasteiger partial charge >= 0.3 is 6.18 Å². The van der Waals surface area contributed by atoms with Crippen molar-refractivity contribution in [2.75, 3.05) is 30.4 Å². The Morgan fingerprint density at radius 1 is 1.19 bits per heavy atom. The molecule has 0 bridgehead atoms. The number of alkyl halides is 3. The summed E-state index contributed by atoms with van der Waals surface area (Å²) in [5, 5.41) is 17.2. The molecule has 7 nitrogen and oxygen atoms in total. The number of nitrogens with one attached hydrogen (secondary N) is 2. The van der Waals surface area contributed by atoms with Gasteiger partial charge in [-0.1, -0.05) is 6.92 Å². The zero-order valence-corrected chi connectivity index (χ0v) is 17.8. The Balaban J connectivity index is 1.94. The van der Waals surface area contributed by atoms with Crippen LogP contribution in [-0.2, 0) is 0 Å². The van der Waals surface area contributed by atoms with Gasteiger partial charge in [0.2, 0.25) is 0 Å². The molecule has 1 atom stereocenters. The number of rotatable bonds is 5. The van der Waals surface area contributed by atoms with Crippen LogP contribution in [0.4, 0.5) is 30.2 Å². The lowest BCUT2D eigenvalue weighted by atomic mass is 9.87. The van der Waals surface area contributed by atoms with Gasteiger partial charge < -0.3 is 15.5 Å². The van der Waals surface area contributed by atoms with Crippen LogP contribution in [0, 0.1) is 22.0 Å². The molecule has 1 heterocycles. The molecule has 10 heteroatoms. The molecule has 1 saturated carbocycles. The number of piperidine rings is 1. The first kappa shape index (κ1) is 23.1. The molecule has 0 spiro atoms. The van der Waals surface area contributed by atoms with Gasteiger partial charge in [0.05, 0.1) is 22.1 Å². The summed E-state index contributed by atoms with van der Waals surface area (Å²) in [5.41, 5.74) is 0.230. The molecule has 2 aliphatic rings. The Hall–Kier alpha value is -2.52. The molecular weight excluding hydrogens is 413 g/mol. The number of nitro groups is 1. The van der Waals surface area contributed by atoms with E-state index in [0.717, 1.165) is 25.7 Å². The van der Waals surface area contributed by atoms with Crippen molar-refractivity contribution in [1.82, 2.24) is 5.32 Å². The normalized spacial score (nSPS) is 24.5. The zero-order chi connectivity index (χ0) is 22.8. The summed E-state index contributed by atoms with van der Waals surface area (Å²) in [7, 11) is 1.50. The van der Waals surface area contributed by atoms with Crippen molar-refractivity contribution in [3.8, 4) is 0 Å². The summed E-state index contributed by atoms with van der Waals surface area (Å²) >= 11 is 0. The largest absolute Gasteiger partial charge is 0.393 e. The Labute approximate surface area is 179 Å². The summed E-state index contributed by atoms with van der Waals surface area (Å²) in [6.07, 6.45) is -0.360. The second-order valence-corrected chi connectivity index (χ2v) is 8.65. The highest BCUT2D eigenvalue weighted by Crippen LogP contribution is 2.39. The van der Waals surface area contributed by atoms with E-state index in [9.17, 15) is 28.1 Å². The van der Waals surface area contributed by atoms with E-state index in [0.29, 0.717) is 24.6 Å². The third kappa shape index (κ3) is 5.40. The molecule has 172 valence electrons. The second kappa shape index (κ2) is 9.32. The molecule has 2 fully saturated rings. The fourth-order valence-electron chi connectivity index (χ4n) is 4.50. The SMILES string of the molecule is CNc1cc(N2CCCC(C(F)(F)F)C2)c(C(=O)NC2CCC(C)CC2)cc1[N+](=O)[O-]. The number of nitrogens with zero attached hydrogens (tertiary/aromatic N) is 2. The molecule has 31 heavy (non-hydrogen) atoms. The summed E-state index contributed by atoms with van der Waals surface area (Å²) in [6.45, 7) is 2.24. The van der Waals surface area contributed by atoms with Gasteiger partial charge in [0.1, 0.15) is 5.69 Å². The fourth-order valence-corrected chi connectivity index (χ4v) is 4.50. The maximum absolute atomic E-state index is 13.3. The van der Waals surface area contributed by atoms with Crippen molar-refractivity contribution in [1.29, 1.82) is 0 Å². The number of hydrogen-bond donors (Lipinski definition) is 2. The standard InChI is InChI=1S/C21H29F3N4O3/c1-13-5-7-15(8-6-13)26-20(29)16-10-19(28(30)31)17(25-2)11-18(16)27-9-3-4-14(12-27)21(22,23)24/h10-11,13-15,25H,3-9,12H2,1-2H3,(H,26,29). The number of nitro benzene ring substituents is 1. The van der Waals surface area contributed by atoms with E-state index in [2.05, 4.69) is 17.6 Å². The Kier molecular flexibility index (Phi) is 6.96. The first-order valence-corrected chi connectivity index (χ1v) is 10.7. The number of carbonyl (C=O) groups excluding carboxylic acids is 1. The third-order valence-electron chi connectivity index (χ3n) is 6.40. The quantitative estimate of drug-likeness (QED) is 0.509. The maximum Gasteiger partial charge on any atom is 0.393 e. The van der Waals surface area contributed by atoms with Gasteiger partial charge in [-0.25, -0.2) is 0 Å². The third-order valence-corrected chi connectivity index (χ3v) is 6.40. The number of halogens is 3. The topological polar surface area (TPSA) is 87.5 Å². The van der Waals surface area contributed by atoms with Crippen LogP contribution in [-0.4, -0.2) is 43.2 Å². The molecule has 2 N–H and O–H groups in total. The van der Waals surface area contributed by atoms with Crippen molar-refractivity contribution >= 4 is 23.0 Å². The lowest BCUT2D eigenvalue weighted by Gasteiger charge is -2.36. The van der Waals surface area contributed by atoms with Crippen LogP contribution >= 0.6 is 0 Å². The van der Waals surface area contributed by atoms with Crippen molar-refractivity contribution in [2.45, 2.75) is 57.7 Å². The smallest absolute Gasteiger partial charge is 0.383 e. The van der Waals surface area contributed by atoms with Crippen molar-refractivity contribution < 1.29 is 22.9 Å². The predicted molar refractivity (Wildman–Crippen MR) is 113 cm³/mol. The van der Waals surface area contributed by atoms with Crippen LogP contribution in [0.25, 0.3) is 0 Å². The highest BCUT2D eigenvalue weighted by molar-refractivity contribution is 6.02. The Morgan fingerprint density at radius 2 is 1.87 bits per heavy atom. The molecule has 3 rings (SSSR count). The van der Waals surface area contributed by atoms with E-state index in [1.807, 2.05) is 0 Å². The zero-order valence-electron chi connectivity index (χ0n) is 17.8. The molecule has 1 amide bonds. The number of hydrogen-bond acceptors (Lipinski definition) is 5. The molecule has 1 aliphatic heterocycles. The Bertz CT molecular complexity index is 823. The monoisotopic (exact) mass is 442 g/mol. The molecule has 1 saturated heterocycles. The van der Waals surface area contributed by atoms with Gasteiger partial charge in [-0.15, -0.1) is 0 Å². The minimum absolute atomic E-state index is 0.0354. The molecule has 1 aliphatic carbocycles. The van der Waals surface area contributed by atoms with Crippen molar-refractivity contribution in [3.63, 3.8) is 0 Å². The maximum atomic E-state index is 13.3. The first-order chi connectivity index (χ1) is 14.6. The van der Waals surface area contributed by atoms with Crippen LogP contribution in [0.3, 0.4) is 0 Å². The van der Waals surface area contributed by atoms with Gasteiger partial charge in [-0.3, -0.25) is 14.9 Å². The van der Waals surface area contributed by atoms with E-state index in [1.165, 1.54) is 24.1 Å². The van der Waals surface area contributed by atoms with E-state index < -0.39 is 22.9 Å². The van der Waals surface area contributed by atoms with Gasteiger partial charge in [-0.2, -0.15) is 13.2 Å². The van der Waals surface area contributed by atoms with Crippen LogP contribution in [0.2, 0.25) is 0 Å². The average molecular weight is 442 g/mol. The van der Waals surface area contributed by atoms with Crippen molar-refractivity contribution in [3.05, 3.63) is 27.8 Å². The Morgan fingerprint density at radius 3 is 2.45 bits per heavy atom. The first-order valence-electron chi connectivity index (χ1n) is 10.7.